The highest BCUT2D eigenvalue weighted by molar-refractivity contribution is 8.27. The second-order valence-corrected chi connectivity index (χ2v) is 8.34. The van der Waals surface area contributed by atoms with E-state index in [-0.39, 0.29) is 18.3 Å². The summed E-state index contributed by atoms with van der Waals surface area (Å²) >= 11 is 6.67. The minimum absolute atomic E-state index is 0.121. The molecule has 0 aromatic heterocycles. The van der Waals surface area contributed by atoms with Gasteiger partial charge in [0.2, 0.25) is 0 Å². The van der Waals surface area contributed by atoms with Crippen molar-refractivity contribution in [3.63, 3.8) is 0 Å². The largest absolute Gasteiger partial charge is 0.497 e. The van der Waals surface area contributed by atoms with Gasteiger partial charge in [0.25, 0.3) is 5.91 Å². The Bertz CT molecular complexity index is 1160. The van der Waals surface area contributed by atoms with E-state index < -0.39 is 0 Å². The van der Waals surface area contributed by atoms with Crippen LogP contribution in [-0.4, -0.2) is 17.3 Å². The van der Waals surface area contributed by atoms with Crippen LogP contribution in [0.15, 0.2) is 77.7 Å². The van der Waals surface area contributed by atoms with Gasteiger partial charge in [-0.1, -0.05) is 54.3 Å². The summed E-state index contributed by atoms with van der Waals surface area (Å²) in [6.07, 6.45) is 1.78. The van der Waals surface area contributed by atoms with Gasteiger partial charge in [0.15, 0.2) is 4.32 Å². The van der Waals surface area contributed by atoms with Gasteiger partial charge in [0.1, 0.15) is 23.9 Å². The van der Waals surface area contributed by atoms with Crippen LogP contribution in [0.4, 0.5) is 10.1 Å². The molecular formula is C24H18FNO3S2. The van der Waals surface area contributed by atoms with E-state index in [4.69, 9.17) is 21.7 Å². The molecule has 3 aromatic carbocycles. The highest BCUT2D eigenvalue weighted by Crippen LogP contribution is 2.36. The summed E-state index contributed by atoms with van der Waals surface area (Å²) in [5, 5.41) is 0. The number of hydrogen-bond donors (Lipinski definition) is 0. The zero-order valence-electron chi connectivity index (χ0n) is 16.6. The first-order valence-electron chi connectivity index (χ1n) is 9.43. The molecule has 0 N–H and O–H groups in total. The van der Waals surface area contributed by atoms with Crippen molar-refractivity contribution in [3.05, 3.63) is 94.6 Å². The molecule has 1 heterocycles. The number of rotatable bonds is 6. The lowest BCUT2D eigenvalue weighted by molar-refractivity contribution is -0.113. The lowest BCUT2D eigenvalue weighted by Gasteiger charge is -2.14. The Morgan fingerprint density at radius 3 is 2.55 bits per heavy atom. The molecule has 0 radical (unpaired) electrons. The van der Waals surface area contributed by atoms with Crippen molar-refractivity contribution in [2.45, 2.75) is 6.61 Å². The van der Waals surface area contributed by atoms with Gasteiger partial charge in [-0.3, -0.25) is 9.69 Å². The first-order chi connectivity index (χ1) is 15.0. The van der Waals surface area contributed by atoms with Crippen molar-refractivity contribution in [2.24, 2.45) is 0 Å². The van der Waals surface area contributed by atoms with Gasteiger partial charge in [-0.05, 0) is 54.1 Å². The molecular weight excluding hydrogens is 433 g/mol. The molecule has 0 spiro atoms. The summed E-state index contributed by atoms with van der Waals surface area (Å²) in [5.41, 5.74) is 1.96. The average molecular weight is 452 g/mol. The Hall–Kier alpha value is -3.16. The van der Waals surface area contributed by atoms with Crippen LogP contribution in [0.1, 0.15) is 11.1 Å². The van der Waals surface area contributed by atoms with Crippen molar-refractivity contribution in [2.75, 3.05) is 12.0 Å². The summed E-state index contributed by atoms with van der Waals surface area (Å²) in [6.45, 7) is 0.121. The van der Waals surface area contributed by atoms with Crippen LogP contribution in [0, 0.1) is 5.82 Å². The van der Waals surface area contributed by atoms with Gasteiger partial charge in [0, 0.05) is 5.56 Å². The predicted molar refractivity (Wildman–Crippen MR) is 126 cm³/mol. The zero-order valence-corrected chi connectivity index (χ0v) is 18.2. The van der Waals surface area contributed by atoms with Crippen molar-refractivity contribution >= 4 is 46.0 Å². The predicted octanol–water partition coefficient (Wildman–Crippen LogP) is 5.82. The summed E-state index contributed by atoms with van der Waals surface area (Å²) in [7, 11) is 1.59. The standard InChI is InChI=1S/C24H18FNO3S2/c1-28-19-11-9-18(10-12-19)26-23(27)22(31-24(26)30)14-16-5-4-7-20(13-16)29-15-17-6-2-3-8-21(17)25/h2-14H,15H2,1H3/b22-14+. The van der Waals surface area contributed by atoms with Crippen LogP contribution in [-0.2, 0) is 11.4 Å². The molecule has 1 aliphatic rings. The van der Waals surface area contributed by atoms with Crippen LogP contribution in [0.2, 0.25) is 0 Å². The van der Waals surface area contributed by atoms with Crippen LogP contribution in [0.5, 0.6) is 11.5 Å². The Balaban J connectivity index is 1.50. The fraction of sp³-hybridized carbons (Fsp3) is 0.0833. The molecule has 1 amide bonds. The Morgan fingerprint density at radius 2 is 1.81 bits per heavy atom. The molecule has 3 aromatic rings. The number of anilines is 1. The molecule has 156 valence electrons. The minimum atomic E-state index is -0.305. The summed E-state index contributed by atoms with van der Waals surface area (Å²) in [5.74, 6) is 0.804. The molecule has 0 saturated carbocycles. The number of carbonyl (C=O) groups is 1. The fourth-order valence-corrected chi connectivity index (χ4v) is 4.34. The lowest BCUT2D eigenvalue weighted by Crippen LogP contribution is -2.27. The van der Waals surface area contributed by atoms with Crippen molar-refractivity contribution < 1.29 is 18.7 Å². The summed E-state index contributed by atoms with van der Waals surface area (Å²) in [4.78, 5) is 15.0. The molecule has 1 saturated heterocycles. The SMILES string of the molecule is COc1ccc(N2C(=O)/C(=C\c3cccc(OCc4ccccc4F)c3)SC2=S)cc1. The number of methoxy groups -OCH3 is 1. The van der Waals surface area contributed by atoms with Crippen LogP contribution < -0.4 is 14.4 Å². The number of benzene rings is 3. The number of halogens is 1. The zero-order chi connectivity index (χ0) is 21.8. The van der Waals surface area contributed by atoms with E-state index in [1.54, 1.807) is 67.8 Å². The maximum atomic E-state index is 13.8. The van der Waals surface area contributed by atoms with E-state index in [0.29, 0.717) is 32.0 Å². The first-order valence-corrected chi connectivity index (χ1v) is 10.7. The van der Waals surface area contributed by atoms with Crippen molar-refractivity contribution in [3.8, 4) is 11.5 Å². The lowest BCUT2D eigenvalue weighted by atomic mass is 10.2. The van der Waals surface area contributed by atoms with Crippen LogP contribution >= 0.6 is 24.0 Å². The Labute approximate surface area is 189 Å². The molecule has 4 nitrogen and oxygen atoms in total. The number of ether oxygens (including phenoxy) is 2. The molecule has 0 unspecified atom stereocenters. The normalized spacial score (nSPS) is 14.9. The van der Waals surface area contributed by atoms with Gasteiger partial charge in [-0.25, -0.2) is 4.39 Å². The van der Waals surface area contributed by atoms with Gasteiger partial charge in [0.05, 0.1) is 17.7 Å². The van der Waals surface area contributed by atoms with E-state index >= 15 is 0 Å². The second kappa shape index (κ2) is 9.32. The third kappa shape index (κ3) is 4.78. The van der Waals surface area contributed by atoms with Crippen LogP contribution in [0.25, 0.3) is 6.08 Å². The number of carbonyl (C=O) groups excluding carboxylic acids is 1. The Morgan fingerprint density at radius 1 is 1.03 bits per heavy atom. The molecule has 1 fully saturated rings. The summed E-state index contributed by atoms with van der Waals surface area (Å²) in [6, 6.07) is 21.0. The Kier molecular flexibility index (Phi) is 6.34. The van der Waals surface area contributed by atoms with E-state index in [0.717, 1.165) is 5.56 Å². The number of thioether (sulfide) groups is 1. The third-order valence-corrected chi connectivity index (χ3v) is 5.93. The van der Waals surface area contributed by atoms with Crippen molar-refractivity contribution in [1.82, 2.24) is 0 Å². The van der Waals surface area contributed by atoms with E-state index in [1.807, 2.05) is 12.1 Å². The number of hydrogen-bond acceptors (Lipinski definition) is 5. The maximum absolute atomic E-state index is 13.8. The average Bonchev–Trinajstić information content (AvgIpc) is 3.06. The van der Waals surface area contributed by atoms with Gasteiger partial charge in [-0.15, -0.1) is 0 Å². The topological polar surface area (TPSA) is 38.8 Å². The van der Waals surface area contributed by atoms with E-state index in [1.165, 1.54) is 22.7 Å². The number of amides is 1. The van der Waals surface area contributed by atoms with Crippen molar-refractivity contribution in [1.29, 1.82) is 0 Å². The van der Waals surface area contributed by atoms with Crippen LogP contribution in [0.3, 0.4) is 0 Å². The molecule has 0 atom stereocenters. The molecule has 31 heavy (non-hydrogen) atoms. The minimum Gasteiger partial charge on any atom is -0.497 e. The highest BCUT2D eigenvalue weighted by atomic mass is 32.2. The molecule has 1 aliphatic heterocycles. The second-order valence-electron chi connectivity index (χ2n) is 6.67. The quantitative estimate of drug-likeness (QED) is 0.349. The smallest absolute Gasteiger partial charge is 0.270 e. The van der Waals surface area contributed by atoms with Gasteiger partial charge < -0.3 is 9.47 Å². The van der Waals surface area contributed by atoms with Gasteiger partial charge >= 0.3 is 0 Å². The van der Waals surface area contributed by atoms with Gasteiger partial charge in [-0.2, -0.15) is 0 Å². The third-order valence-electron chi connectivity index (χ3n) is 4.63. The fourth-order valence-electron chi connectivity index (χ4n) is 3.04. The molecule has 4 rings (SSSR count). The first kappa shape index (κ1) is 21.1. The molecule has 0 bridgehead atoms. The molecule has 0 aliphatic carbocycles. The van der Waals surface area contributed by atoms with E-state index in [9.17, 15) is 9.18 Å². The summed E-state index contributed by atoms with van der Waals surface area (Å²) < 4.78 is 25.1. The number of nitrogens with zero attached hydrogens (tertiary/aromatic N) is 1. The monoisotopic (exact) mass is 451 g/mol. The highest BCUT2D eigenvalue weighted by Gasteiger charge is 2.33. The number of thiocarbonyl (C=S) groups is 1. The molecule has 7 heteroatoms. The van der Waals surface area contributed by atoms with E-state index in [2.05, 4.69) is 0 Å². The maximum Gasteiger partial charge on any atom is 0.270 e.